The van der Waals surface area contributed by atoms with Gasteiger partial charge in [0, 0.05) is 0 Å². The van der Waals surface area contributed by atoms with Gasteiger partial charge < -0.3 is 34.5 Å². The molecule has 0 atom stereocenters. The van der Waals surface area contributed by atoms with E-state index in [0.29, 0.717) is 5.75 Å². The number of rotatable bonds is 0. The first-order valence-electron chi connectivity index (χ1n) is 6.94. The molecular formula is C13H30O7P2S2. The van der Waals surface area contributed by atoms with Gasteiger partial charge in [-0.1, -0.05) is 52.7 Å². The van der Waals surface area contributed by atoms with Gasteiger partial charge in [0.1, 0.15) is 5.75 Å². The van der Waals surface area contributed by atoms with Crippen LogP contribution in [0.25, 0.3) is 0 Å². The van der Waals surface area contributed by atoms with Gasteiger partial charge in [0.05, 0.1) is 0 Å². The van der Waals surface area contributed by atoms with E-state index < -0.39 is 13.4 Å². The molecule has 11 heteroatoms. The third-order valence-corrected chi connectivity index (χ3v) is 1.00. The second-order valence-electron chi connectivity index (χ2n) is 4.28. The Labute approximate surface area is 154 Å². The molecule has 1 aromatic carbocycles. The van der Waals surface area contributed by atoms with Crippen LogP contribution in [-0.2, 0) is 23.6 Å². The lowest BCUT2D eigenvalue weighted by Gasteiger charge is -1.89. The second-order valence-corrected chi connectivity index (χ2v) is 9.27. The van der Waals surface area contributed by atoms with E-state index in [1.165, 1.54) is 12.8 Å². The maximum absolute atomic E-state index is 8.81. The van der Waals surface area contributed by atoms with E-state index in [-0.39, 0.29) is 0 Å². The molecule has 0 aliphatic carbocycles. The molecule has 146 valence electrons. The average molecular weight is 424 g/mol. The first-order chi connectivity index (χ1) is 10.6. The summed E-state index contributed by atoms with van der Waals surface area (Å²) in [5.41, 5.74) is 1.09. The summed E-state index contributed by atoms with van der Waals surface area (Å²) in [4.78, 5) is 45.3. The van der Waals surface area contributed by atoms with Crippen molar-refractivity contribution in [3.63, 3.8) is 0 Å². The fraction of sp³-hybridized carbons (Fsp3) is 0.538. The van der Waals surface area contributed by atoms with Crippen LogP contribution in [0, 0.1) is 6.92 Å². The Balaban J connectivity index is -0.000000111. The Hall–Kier alpha value is 0.0800. The Bertz CT molecular complexity index is 419. The van der Waals surface area contributed by atoms with Crippen molar-refractivity contribution in [2.45, 2.75) is 47.5 Å². The third-order valence-electron chi connectivity index (χ3n) is 1.00. The molecule has 0 aliphatic heterocycles. The first kappa shape index (κ1) is 31.8. The molecule has 0 spiro atoms. The zero-order valence-corrected chi connectivity index (χ0v) is 18.0. The number of phenolic OH excluding ortho intramolecular Hbond substituents is 1. The summed E-state index contributed by atoms with van der Waals surface area (Å²) in [6, 6.07) is 7.15. The number of aromatic hydroxyl groups is 1. The molecule has 7 N–H and O–H groups in total. The molecule has 0 saturated carbocycles. The molecule has 7 nitrogen and oxygen atoms in total. The lowest BCUT2D eigenvalue weighted by Crippen LogP contribution is -1.66. The van der Waals surface area contributed by atoms with Crippen LogP contribution in [0.5, 0.6) is 5.75 Å². The fourth-order valence-electron chi connectivity index (χ4n) is 0.628. The Morgan fingerprint density at radius 1 is 0.792 bits per heavy atom. The van der Waals surface area contributed by atoms with E-state index >= 15 is 0 Å². The summed E-state index contributed by atoms with van der Waals surface area (Å²) in [6.07, 6.45) is 2.50. The van der Waals surface area contributed by atoms with E-state index in [4.69, 9.17) is 34.5 Å². The van der Waals surface area contributed by atoms with Crippen LogP contribution >= 0.6 is 13.4 Å². The number of phenols is 1. The lowest BCUT2D eigenvalue weighted by atomic mass is 10.2. The van der Waals surface area contributed by atoms with E-state index in [0.717, 1.165) is 5.56 Å². The SMILES string of the molecule is CCC.CCC.Cc1cccc(O)c1.OP(O)(O)=S.OP(O)(O)=S. The fourth-order valence-corrected chi connectivity index (χ4v) is 0.628. The second kappa shape index (κ2) is 19.4. The van der Waals surface area contributed by atoms with E-state index in [1.807, 2.05) is 19.1 Å². The van der Waals surface area contributed by atoms with Crippen LogP contribution < -0.4 is 0 Å². The van der Waals surface area contributed by atoms with Crippen molar-refractivity contribution in [3.8, 4) is 5.75 Å². The van der Waals surface area contributed by atoms with E-state index in [9.17, 15) is 0 Å². The zero-order valence-electron chi connectivity index (χ0n) is 14.6. The van der Waals surface area contributed by atoms with Crippen LogP contribution in [0.2, 0.25) is 0 Å². The highest BCUT2D eigenvalue weighted by Gasteiger charge is 1.92. The Morgan fingerprint density at radius 2 is 1.04 bits per heavy atom. The van der Waals surface area contributed by atoms with Crippen molar-refractivity contribution in [3.05, 3.63) is 29.8 Å². The molecule has 0 unspecified atom stereocenters. The average Bonchev–Trinajstić information content (AvgIpc) is 2.25. The summed E-state index contributed by atoms with van der Waals surface area (Å²) in [7, 11) is 0. The van der Waals surface area contributed by atoms with Crippen molar-refractivity contribution >= 4 is 37.1 Å². The largest absolute Gasteiger partial charge is 0.508 e. The van der Waals surface area contributed by atoms with E-state index in [1.54, 1.807) is 12.1 Å². The van der Waals surface area contributed by atoms with Crippen molar-refractivity contribution < 1.29 is 34.5 Å². The number of hydrogen-bond acceptors (Lipinski definition) is 3. The van der Waals surface area contributed by atoms with Gasteiger partial charge >= 0.3 is 13.4 Å². The lowest BCUT2D eigenvalue weighted by molar-refractivity contribution is 0.361. The first-order valence-corrected chi connectivity index (χ1v) is 12.3. The summed E-state index contributed by atoms with van der Waals surface area (Å²) >= 11 is 7.21. The predicted octanol–water partition coefficient (Wildman–Crippen LogP) is 2.91. The molecule has 1 aromatic rings. The topological polar surface area (TPSA) is 142 Å². The van der Waals surface area contributed by atoms with Crippen molar-refractivity contribution in [1.82, 2.24) is 0 Å². The van der Waals surface area contributed by atoms with Gasteiger partial charge in [-0.3, -0.25) is 0 Å². The van der Waals surface area contributed by atoms with Gasteiger partial charge in [0.15, 0.2) is 0 Å². The predicted molar refractivity (Wildman–Crippen MR) is 107 cm³/mol. The maximum Gasteiger partial charge on any atom is 0.319 e. The minimum atomic E-state index is -3.81. The number of benzene rings is 1. The maximum atomic E-state index is 8.81. The van der Waals surface area contributed by atoms with Crippen LogP contribution in [-0.4, -0.2) is 34.5 Å². The highest BCUT2D eigenvalue weighted by atomic mass is 32.5. The van der Waals surface area contributed by atoms with Crippen molar-refractivity contribution in [2.75, 3.05) is 0 Å². The summed E-state index contributed by atoms with van der Waals surface area (Å²) in [5.74, 6) is 0.338. The zero-order chi connectivity index (χ0) is 20.4. The Morgan fingerprint density at radius 3 is 1.17 bits per heavy atom. The summed E-state index contributed by atoms with van der Waals surface area (Å²) in [5, 5.41) is 8.81. The van der Waals surface area contributed by atoms with E-state index in [2.05, 4.69) is 51.3 Å². The molecule has 0 amide bonds. The van der Waals surface area contributed by atoms with Crippen LogP contribution in [0.4, 0.5) is 0 Å². The molecule has 1 rings (SSSR count). The van der Waals surface area contributed by atoms with Crippen LogP contribution in [0.15, 0.2) is 24.3 Å². The standard InChI is InChI=1S/C7H8O.2C3H8.2H3O3PS/c1-6-3-2-4-7(8)5-6;2*1-3-2;2*1-4(2,3)5/h2-5,8H,1H3;2*3H2,1-2H3;2*(H3,1,2,3,5). The van der Waals surface area contributed by atoms with Crippen LogP contribution in [0.1, 0.15) is 46.1 Å². The monoisotopic (exact) mass is 424 g/mol. The highest BCUT2D eigenvalue weighted by molar-refractivity contribution is 8.06. The number of hydrogen-bond donors (Lipinski definition) is 7. The van der Waals surface area contributed by atoms with Gasteiger partial charge in [0.2, 0.25) is 0 Å². The van der Waals surface area contributed by atoms with Crippen LogP contribution in [0.3, 0.4) is 0 Å². The Kier molecular flexibility index (Phi) is 25.7. The van der Waals surface area contributed by atoms with Crippen molar-refractivity contribution in [2.24, 2.45) is 0 Å². The molecule has 0 heterocycles. The molecule has 24 heavy (non-hydrogen) atoms. The molecule has 0 aliphatic rings. The van der Waals surface area contributed by atoms with Gasteiger partial charge in [-0.15, -0.1) is 0 Å². The van der Waals surface area contributed by atoms with Gasteiger partial charge in [-0.05, 0) is 48.2 Å². The molecule has 0 bridgehead atoms. The third kappa shape index (κ3) is 96.6. The number of aryl methyl sites for hydroxylation is 1. The summed E-state index contributed by atoms with van der Waals surface area (Å²) < 4.78 is 0. The molecule has 0 radical (unpaired) electrons. The quantitative estimate of drug-likeness (QED) is 0.313. The smallest absolute Gasteiger partial charge is 0.319 e. The minimum absolute atomic E-state index is 0.338. The molecule has 0 aromatic heterocycles. The summed E-state index contributed by atoms with van der Waals surface area (Å²) in [6.45, 7) is 2.83. The van der Waals surface area contributed by atoms with Gasteiger partial charge in [-0.25, -0.2) is 0 Å². The molecular weight excluding hydrogens is 394 g/mol. The molecule has 0 saturated heterocycles. The normalized spacial score (nSPS) is 9.46. The minimum Gasteiger partial charge on any atom is -0.508 e. The van der Waals surface area contributed by atoms with Gasteiger partial charge in [-0.2, -0.15) is 0 Å². The van der Waals surface area contributed by atoms with Gasteiger partial charge in [0.25, 0.3) is 0 Å². The highest BCUT2D eigenvalue weighted by Crippen LogP contribution is 2.26. The molecule has 0 fully saturated rings. The van der Waals surface area contributed by atoms with Crippen molar-refractivity contribution in [1.29, 1.82) is 0 Å².